The predicted molar refractivity (Wildman–Crippen MR) is 139 cm³/mol. The number of aromatic amines is 2. The Morgan fingerprint density at radius 1 is 1.23 bits per heavy atom. The number of carbonyl (C=O) groups is 1. The summed E-state index contributed by atoms with van der Waals surface area (Å²) in [4.78, 5) is 40.3. The van der Waals surface area contributed by atoms with Crippen molar-refractivity contribution in [3.8, 4) is 5.88 Å². The summed E-state index contributed by atoms with van der Waals surface area (Å²) in [6.45, 7) is 4.70. The maximum absolute atomic E-state index is 15.2. The number of nitrogens with one attached hydrogen (secondary N) is 3. The average Bonchev–Trinajstić information content (AvgIpc) is 3.52. The molecule has 3 aromatic heterocycles. The largest absolute Gasteiger partial charge is 0.493 e. The molecule has 2 atom stereocenters. The lowest BCUT2D eigenvalue weighted by Crippen LogP contribution is -2.48. The summed E-state index contributed by atoms with van der Waals surface area (Å²) in [7, 11) is 0. The minimum absolute atomic E-state index is 0.0909. The lowest BCUT2D eigenvalue weighted by atomic mass is 10.1. The zero-order valence-electron chi connectivity index (χ0n) is 21.3. The first kappa shape index (κ1) is 24.8. The smallest absolute Gasteiger partial charge is 0.326 e. The Labute approximate surface area is 220 Å². The lowest BCUT2D eigenvalue weighted by Gasteiger charge is -2.35. The van der Waals surface area contributed by atoms with Gasteiger partial charge in [-0.2, -0.15) is 9.61 Å². The van der Waals surface area contributed by atoms with E-state index in [0.29, 0.717) is 35.3 Å². The molecule has 4 heterocycles. The molecule has 1 aliphatic heterocycles. The standard InChI is InChI=1S/C26H27FN8O4/c1-13-11-34(12-14(2)39-13)25(37)15-3-6-19(18(27)7-15)30-21-9-22(29-17-4-5-17)35-23(32-21)16(10-28-35)8-20-24(36)33-26(38)31-20/h3,6-10,13-14,17,30,36H,4-5,11-12H2,1-2H3,(H2,31,33,38)/b16-8+,29-22?/t13-,14+. The van der Waals surface area contributed by atoms with Crippen LogP contribution in [-0.2, 0) is 4.74 Å². The van der Waals surface area contributed by atoms with E-state index < -0.39 is 11.5 Å². The van der Waals surface area contributed by atoms with E-state index in [9.17, 15) is 14.7 Å². The van der Waals surface area contributed by atoms with Crippen LogP contribution >= 0.6 is 0 Å². The molecule has 0 unspecified atom stereocenters. The first-order valence-corrected chi connectivity index (χ1v) is 12.7. The number of hydrogen-bond donors (Lipinski definition) is 4. The lowest BCUT2D eigenvalue weighted by molar-refractivity contribution is -0.0586. The summed E-state index contributed by atoms with van der Waals surface area (Å²) in [6.07, 6.45) is 4.82. The van der Waals surface area contributed by atoms with Gasteiger partial charge >= 0.3 is 5.69 Å². The molecule has 1 saturated carbocycles. The van der Waals surface area contributed by atoms with Crippen molar-refractivity contribution >= 4 is 29.1 Å². The van der Waals surface area contributed by atoms with Gasteiger partial charge in [0.15, 0.2) is 11.1 Å². The second kappa shape index (κ2) is 9.66. The van der Waals surface area contributed by atoms with Gasteiger partial charge in [-0.05, 0) is 51.0 Å². The third kappa shape index (κ3) is 5.12. The molecule has 0 spiro atoms. The summed E-state index contributed by atoms with van der Waals surface area (Å²) in [5.74, 6) is -0.849. The molecule has 0 radical (unpaired) electrons. The van der Waals surface area contributed by atoms with Crippen LogP contribution in [0, 0.1) is 5.82 Å². The van der Waals surface area contributed by atoms with Gasteiger partial charge in [-0.3, -0.25) is 14.8 Å². The Balaban J connectivity index is 1.34. The van der Waals surface area contributed by atoms with Gasteiger partial charge in [0, 0.05) is 29.9 Å². The number of H-pyrrole nitrogens is 2. The van der Waals surface area contributed by atoms with Crippen LogP contribution in [0.15, 0.2) is 40.2 Å². The number of nitrogens with zero attached hydrogens (tertiary/aromatic N) is 5. The summed E-state index contributed by atoms with van der Waals surface area (Å²) in [6, 6.07) is 6.15. The SMILES string of the molecule is C[C@@H]1CN(C(=O)c2ccc(Nc3cc(=NC4CC4)n4nc/c(=C\c5[nH]c(=O)[nH]c5O)c4n3)c(F)c2)C[C@H](C)O1. The molecule has 6 rings (SSSR count). The molecule has 2 aliphatic rings. The van der Waals surface area contributed by atoms with Gasteiger partial charge in [0.2, 0.25) is 5.88 Å². The van der Waals surface area contributed by atoms with Crippen LogP contribution in [0.1, 0.15) is 42.7 Å². The fraction of sp³-hybridized carbons (Fsp3) is 0.346. The fourth-order valence-electron chi connectivity index (χ4n) is 4.67. The molecule has 12 nitrogen and oxygen atoms in total. The molecule has 202 valence electrons. The fourth-order valence-corrected chi connectivity index (χ4v) is 4.67. The Kier molecular flexibility index (Phi) is 6.14. The second-order valence-corrected chi connectivity index (χ2v) is 9.97. The van der Waals surface area contributed by atoms with Gasteiger partial charge in [0.05, 0.1) is 30.1 Å². The highest BCUT2D eigenvalue weighted by Gasteiger charge is 2.27. The van der Waals surface area contributed by atoms with Crippen LogP contribution in [0.3, 0.4) is 0 Å². The number of carbonyl (C=O) groups excluding carboxylic acids is 1. The van der Waals surface area contributed by atoms with Gasteiger partial charge in [-0.1, -0.05) is 0 Å². The number of morpholine rings is 1. The van der Waals surface area contributed by atoms with Crippen molar-refractivity contribution in [2.45, 2.75) is 44.9 Å². The van der Waals surface area contributed by atoms with Gasteiger partial charge in [0.1, 0.15) is 17.3 Å². The van der Waals surface area contributed by atoms with Crippen LogP contribution in [0.25, 0.3) is 11.7 Å². The molecule has 4 aromatic rings. The number of amides is 1. The molecule has 39 heavy (non-hydrogen) atoms. The van der Waals surface area contributed by atoms with E-state index in [1.54, 1.807) is 21.5 Å². The van der Waals surface area contributed by atoms with Crippen molar-refractivity contribution in [3.63, 3.8) is 0 Å². The molecule has 1 amide bonds. The molecule has 1 aromatic carbocycles. The third-order valence-corrected chi connectivity index (χ3v) is 6.56. The second-order valence-electron chi connectivity index (χ2n) is 9.97. The van der Waals surface area contributed by atoms with Crippen molar-refractivity contribution in [3.05, 3.63) is 68.7 Å². The monoisotopic (exact) mass is 534 g/mol. The zero-order valence-corrected chi connectivity index (χ0v) is 21.3. The van der Waals surface area contributed by atoms with E-state index >= 15 is 4.39 Å². The summed E-state index contributed by atoms with van der Waals surface area (Å²) < 4.78 is 22.5. The predicted octanol–water partition coefficient (Wildman–Crippen LogP) is 1.19. The average molecular weight is 535 g/mol. The molecule has 1 aliphatic carbocycles. The Morgan fingerprint density at radius 2 is 2.00 bits per heavy atom. The van der Waals surface area contributed by atoms with Gasteiger partial charge < -0.3 is 25.0 Å². The summed E-state index contributed by atoms with van der Waals surface area (Å²) >= 11 is 0. The van der Waals surface area contributed by atoms with Gasteiger partial charge in [0.25, 0.3) is 5.91 Å². The number of benzene rings is 1. The highest BCUT2D eigenvalue weighted by Crippen LogP contribution is 2.24. The molecule has 0 bridgehead atoms. The molecular formula is C26H27FN8O4. The van der Waals surface area contributed by atoms with Crippen LogP contribution in [-0.4, -0.2) is 71.8 Å². The topological polar surface area (TPSA) is 153 Å². The Hall–Kier alpha value is -4.52. The van der Waals surface area contributed by atoms with Crippen molar-refractivity contribution < 1.29 is 19.0 Å². The van der Waals surface area contributed by atoms with E-state index in [4.69, 9.17) is 9.73 Å². The van der Waals surface area contributed by atoms with Crippen molar-refractivity contribution in [1.29, 1.82) is 0 Å². The van der Waals surface area contributed by atoms with Crippen LogP contribution in [0.2, 0.25) is 0 Å². The minimum Gasteiger partial charge on any atom is -0.493 e. The number of ether oxygens (including phenoxy) is 1. The maximum atomic E-state index is 15.2. The molecule has 1 saturated heterocycles. The van der Waals surface area contributed by atoms with Crippen LogP contribution in [0.5, 0.6) is 5.88 Å². The number of imidazole rings is 1. The number of aromatic hydroxyl groups is 1. The maximum Gasteiger partial charge on any atom is 0.326 e. The molecule has 13 heteroatoms. The Bertz CT molecular complexity index is 1750. The van der Waals surface area contributed by atoms with Gasteiger partial charge in [-0.15, -0.1) is 0 Å². The summed E-state index contributed by atoms with van der Waals surface area (Å²) in [5, 5.41) is 17.8. The third-order valence-electron chi connectivity index (χ3n) is 6.56. The number of hydrogen-bond acceptors (Lipinski definition) is 8. The Morgan fingerprint density at radius 3 is 2.67 bits per heavy atom. The van der Waals surface area contributed by atoms with E-state index in [-0.39, 0.29) is 47.0 Å². The van der Waals surface area contributed by atoms with E-state index in [1.807, 2.05) is 13.8 Å². The van der Waals surface area contributed by atoms with Crippen LogP contribution in [0.4, 0.5) is 15.9 Å². The highest BCUT2D eigenvalue weighted by atomic mass is 19.1. The number of halogens is 1. The van der Waals surface area contributed by atoms with E-state index in [1.165, 1.54) is 24.4 Å². The normalized spacial score (nSPS) is 20.6. The first-order chi connectivity index (χ1) is 18.7. The van der Waals surface area contributed by atoms with Crippen molar-refractivity contribution in [2.24, 2.45) is 4.99 Å². The number of aromatic nitrogens is 5. The van der Waals surface area contributed by atoms with E-state index in [2.05, 4.69) is 25.4 Å². The number of rotatable bonds is 5. The van der Waals surface area contributed by atoms with Gasteiger partial charge in [-0.25, -0.2) is 14.2 Å². The first-order valence-electron chi connectivity index (χ1n) is 12.7. The van der Waals surface area contributed by atoms with Crippen LogP contribution < -0.4 is 21.7 Å². The number of fused-ring (bicyclic) bond motifs is 1. The summed E-state index contributed by atoms with van der Waals surface area (Å²) in [5.41, 5.74) is 0.932. The minimum atomic E-state index is -0.604. The molecule has 4 N–H and O–H groups in total. The molecule has 2 fully saturated rings. The van der Waals surface area contributed by atoms with E-state index in [0.717, 1.165) is 12.8 Å². The zero-order chi connectivity index (χ0) is 27.3. The van der Waals surface area contributed by atoms with Crippen molar-refractivity contribution in [1.82, 2.24) is 29.5 Å². The van der Waals surface area contributed by atoms with Crippen molar-refractivity contribution in [2.75, 3.05) is 18.4 Å². The quantitative estimate of drug-likeness (QED) is 0.300. The highest BCUT2D eigenvalue weighted by molar-refractivity contribution is 5.94. The number of anilines is 2. The molecular weight excluding hydrogens is 507 g/mol.